The Morgan fingerprint density at radius 2 is 0.900 bits per heavy atom. The van der Waals surface area contributed by atoms with Gasteiger partial charge in [0, 0.05) is 20.6 Å². The summed E-state index contributed by atoms with van der Waals surface area (Å²) < 4.78 is 11.6. The molecule has 4 aliphatic carbocycles. The number of methoxy groups -OCH3 is 2. The highest BCUT2D eigenvalue weighted by atomic mass is 16.5. The van der Waals surface area contributed by atoms with E-state index in [2.05, 4.69) is 76.2 Å². The third-order valence-corrected chi connectivity index (χ3v) is 7.67. The van der Waals surface area contributed by atoms with Gasteiger partial charge in [0.05, 0.1) is 11.2 Å². The first-order chi connectivity index (χ1) is 14.3. The predicted molar refractivity (Wildman–Crippen MR) is 126 cm³/mol. The van der Waals surface area contributed by atoms with E-state index in [1.54, 1.807) is 0 Å². The Balaban J connectivity index is 0.000000138. The van der Waals surface area contributed by atoms with E-state index in [4.69, 9.17) is 9.47 Å². The zero-order valence-corrected chi connectivity index (χ0v) is 19.8. The minimum absolute atomic E-state index is 0.181. The van der Waals surface area contributed by atoms with Crippen molar-refractivity contribution in [2.24, 2.45) is 11.8 Å². The molecule has 4 bridgehead atoms. The lowest BCUT2D eigenvalue weighted by Gasteiger charge is -2.60. The van der Waals surface area contributed by atoms with Crippen molar-refractivity contribution in [3.05, 3.63) is 70.8 Å². The second-order valence-electron chi connectivity index (χ2n) is 9.90. The molecule has 0 aliphatic heterocycles. The minimum atomic E-state index is 0.181. The van der Waals surface area contributed by atoms with Crippen LogP contribution in [0, 0.1) is 39.5 Å². The number of hydrogen-bond acceptors (Lipinski definition) is 2. The molecule has 0 N–H and O–H groups in total. The quantitative estimate of drug-likeness (QED) is 0.534. The summed E-state index contributed by atoms with van der Waals surface area (Å²) in [6.45, 7) is 8.48. The van der Waals surface area contributed by atoms with Crippen LogP contribution in [0.15, 0.2) is 48.5 Å². The fourth-order valence-electron chi connectivity index (χ4n) is 5.90. The SMILES string of the molecule is COC12CC3CC(C1)CC(OC)(C3)C2.Cc1ccccc1C.Cc1ccccc1C. The molecule has 0 atom stereocenters. The third-order valence-electron chi connectivity index (χ3n) is 7.67. The van der Waals surface area contributed by atoms with Gasteiger partial charge in [0.2, 0.25) is 0 Å². The van der Waals surface area contributed by atoms with E-state index in [0.29, 0.717) is 0 Å². The highest BCUT2D eigenvalue weighted by Crippen LogP contribution is 2.59. The average Bonchev–Trinajstić information content (AvgIpc) is 2.73. The molecule has 2 aromatic carbocycles. The van der Waals surface area contributed by atoms with Gasteiger partial charge < -0.3 is 9.47 Å². The molecular formula is C28H40O2. The van der Waals surface area contributed by atoms with Crippen molar-refractivity contribution in [1.29, 1.82) is 0 Å². The number of benzene rings is 2. The summed E-state index contributed by atoms with van der Waals surface area (Å²) in [6.07, 6.45) is 7.70. The molecule has 2 aromatic rings. The first kappa shape index (κ1) is 23.0. The van der Waals surface area contributed by atoms with Gasteiger partial charge in [-0.3, -0.25) is 0 Å². The Hall–Kier alpha value is -1.64. The summed E-state index contributed by atoms with van der Waals surface area (Å²) in [4.78, 5) is 0. The highest BCUT2D eigenvalue weighted by Gasteiger charge is 2.58. The lowest BCUT2D eigenvalue weighted by Crippen LogP contribution is -2.60. The smallest absolute Gasteiger partial charge is 0.0711 e. The van der Waals surface area contributed by atoms with E-state index in [1.807, 2.05) is 14.2 Å². The van der Waals surface area contributed by atoms with Crippen LogP contribution in [0.1, 0.15) is 60.8 Å². The summed E-state index contributed by atoms with van der Waals surface area (Å²) >= 11 is 0. The Labute approximate surface area is 184 Å². The molecule has 2 nitrogen and oxygen atoms in total. The molecule has 2 heteroatoms. The molecule has 0 aromatic heterocycles. The molecule has 0 unspecified atom stereocenters. The van der Waals surface area contributed by atoms with E-state index in [-0.39, 0.29) is 11.2 Å². The van der Waals surface area contributed by atoms with Gasteiger partial charge in [-0.1, -0.05) is 48.5 Å². The topological polar surface area (TPSA) is 18.5 Å². The molecule has 0 heterocycles. The molecule has 0 radical (unpaired) electrons. The second-order valence-corrected chi connectivity index (χ2v) is 9.90. The maximum atomic E-state index is 5.80. The van der Waals surface area contributed by atoms with Crippen molar-refractivity contribution < 1.29 is 9.47 Å². The van der Waals surface area contributed by atoms with Gasteiger partial charge in [-0.05, 0) is 93.9 Å². The van der Waals surface area contributed by atoms with Crippen molar-refractivity contribution in [1.82, 2.24) is 0 Å². The third kappa shape index (κ3) is 5.34. The van der Waals surface area contributed by atoms with Crippen LogP contribution in [0.4, 0.5) is 0 Å². The van der Waals surface area contributed by atoms with Gasteiger partial charge >= 0.3 is 0 Å². The first-order valence-corrected chi connectivity index (χ1v) is 11.5. The van der Waals surface area contributed by atoms with E-state index >= 15 is 0 Å². The van der Waals surface area contributed by atoms with Gasteiger partial charge in [0.25, 0.3) is 0 Å². The molecule has 164 valence electrons. The van der Waals surface area contributed by atoms with Gasteiger partial charge in [-0.25, -0.2) is 0 Å². The van der Waals surface area contributed by atoms with E-state index in [1.165, 1.54) is 54.4 Å². The molecule has 30 heavy (non-hydrogen) atoms. The lowest BCUT2D eigenvalue weighted by molar-refractivity contribution is -0.220. The van der Waals surface area contributed by atoms with Crippen molar-refractivity contribution in [2.75, 3.05) is 14.2 Å². The van der Waals surface area contributed by atoms with Gasteiger partial charge in [0.1, 0.15) is 0 Å². The highest BCUT2D eigenvalue weighted by molar-refractivity contribution is 5.24. The molecule has 0 amide bonds. The predicted octanol–water partition coefficient (Wildman–Crippen LogP) is 6.98. The Bertz CT molecular complexity index is 703. The lowest BCUT2D eigenvalue weighted by atomic mass is 9.52. The van der Waals surface area contributed by atoms with Crippen LogP contribution in [0.25, 0.3) is 0 Å². The van der Waals surface area contributed by atoms with Crippen molar-refractivity contribution >= 4 is 0 Å². The van der Waals surface area contributed by atoms with Crippen molar-refractivity contribution in [3.8, 4) is 0 Å². The zero-order chi connectivity index (χ0) is 21.8. The van der Waals surface area contributed by atoms with Crippen LogP contribution in [-0.4, -0.2) is 25.4 Å². The molecule has 0 saturated heterocycles. The van der Waals surface area contributed by atoms with E-state index in [9.17, 15) is 0 Å². The van der Waals surface area contributed by atoms with Gasteiger partial charge in [-0.15, -0.1) is 0 Å². The molecule has 4 aliphatic rings. The van der Waals surface area contributed by atoms with Crippen molar-refractivity contribution in [3.63, 3.8) is 0 Å². The Morgan fingerprint density at radius 3 is 1.13 bits per heavy atom. The zero-order valence-electron chi connectivity index (χ0n) is 19.8. The molecule has 6 rings (SSSR count). The molecule has 0 spiro atoms. The fraction of sp³-hybridized carbons (Fsp3) is 0.571. The minimum Gasteiger partial charge on any atom is -0.378 e. The molecular weight excluding hydrogens is 368 g/mol. The molecule has 4 saturated carbocycles. The summed E-state index contributed by atoms with van der Waals surface area (Å²) in [5.41, 5.74) is 5.83. The fourth-order valence-corrected chi connectivity index (χ4v) is 5.90. The molecule has 4 fully saturated rings. The number of rotatable bonds is 2. The van der Waals surface area contributed by atoms with Gasteiger partial charge in [-0.2, -0.15) is 0 Å². The summed E-state index contributed by atoms with van der Waals surface area (Å²) in [6, 6.07) is 16.7. The van der Waals surface area contributed by atoms with Crippen LogP contribution in [-0.2, 0) is 9.47 Å². The second kappa shape index (κ2) is 9.66. The van der Waals surface area contributed by atoms with Crippen LogP contribution < -0.4 is 0 Å². The monoisotopic (exact) mass is 408 g/mol. The normalized spacial score (nSPS) is 30.7. The van der Waals surface area contributed by atoms with E-state index in [0.717, 1.165) is 18.3 Å². The number of ether oxygens (including phenoxy) is 2. The van der Waals surface area contributed by atoms with Crippen LogP contribution in [0.2, 0.25) is 0 Å². The number of hydrogen-bond donors (Lipinski definition) is 0. The standard InChI is InChI=1S/C12H20O2.2C8H10/c1-13-11-4-9-3-10(5-11)7-12(6-9,8-11)14-2;2*1-7-5-3-4-6-8(7)2/h9-10H,3-8H2,1-2H3;2*3-6H,1-2H3. The van der Waals surface area contributed by atoms with Crippen LogP contribution >= 0.6 is 0 Å². The van der Waals surface area contributed by atoms with Crippen LogP contribution in [0.5, 0.6) is 0 Å². The maximum absolute atomic E-state index is 5.80. The van der Waals surface area contributed by atoms with Crippen molar-refractivity contribution in [2.45, 2.75) is 77.4 Å². The average molecular weight is 409 g/mol. The Morgan fingerprint density at radius 1 is 0.600 bits per heavy atom. The maximum Gasteiger partial charge on any atom is 0.0711 e. The number of aryl methyl sites for hydroxylation is 4. The first-order valence-electron chi connectivity index (χ1n) is 11.5. The summed E-state index contributed by atoms with van der Waals surface area (Å²) in [5, 5.41) is 0. The Kier molecular flexibility index (Phi) is 7.42. The summed E-state index contributed by atoms with van der Waals surface area (Å²) in [7, 11) is 3.77. The van der Waals surface area contributed by atoms with Gasteiger partial charge in [0.15, 0.2) is 0 Å². The van der Waals surface area contributed by atoms with E-state index < -0.39 is 0 Å². The van der Waals surface area contributed by atoms with Crippen LogP contribution in [0.3, 0.4) is 0 Å². The largest absolute Gasteiger partial charge is 0.378 e. The summed E-state index contributed by atoms with van der Waals surface area (Å²) in [5.74, 6) is 1.74.